The second-order valence-electron chi connectivity index (χ2n) is 15.5. The second-order valence-corrected chi connectivity index (χ2v) is 15.5. The minimum absolute atomic E-state index is 0.145. The van der Waals surface area contributed by atoms with E-state index in [2.05, 4.69) is 37.2 Å². The van der Waals surface area contributed by atoms with Gasteiger partial charge in [-0.3, -0.25) is 38.4 Å². The van der Waals surface area contributed by atoms with E-state index in [9.17, 15) is 78.9 Å². The Balaban J connectivity index is 2.34. The van der Waals surface area contributed by atoms with Crippen molar-refractivity contribution in [2.45, 2.75) is 114 Å². The van der Waals surface area contributed by atoms with E-state index < -0.39 is 139 Å². The number of carboxylic acid groups (broad SMARTS) is 2. The number of aromatic hydroxyl groups is 1. The molecule has 7 amide bonds. The standard InChI is InChI=1S/C42H60N8O16/c1-5-20(2)33(42(65)66)49-39(62)30(19-52)47-35(58)26(16-24-11-13-25(55)14-12-24)44-36(59)28(17-31(56)57)45-38(61)29(18-51)48-41(64)34(22(4)54)50-37(60)27(15-23-9-7-6-8-10-23)46-40(63)32(43)21(3)53/h6-14,20-22,26-30,32-34,51-55H,5,15-19,43H2,1-4H3,(H,44,59)(H,45,61)(H,46,63)(H,47,58)(H,48,64)(H,49,62)(H,50,60)(H,56,57)(H,65,66)/t20-,21+,22+,26-,27-,28-,29-,30-,32-,33-,34-/m0/s1. The molecule has 364 valence electrons. The van der Waals surface area contributed by atoms with Gasteiger partial charge in [0.2, 0.25) is 41.4 Å². The summed E-state index contributed by atoms with van der Waals surface area (Å²) in [6.45, 7) is 3.37. The molecule has 11 atom stereocenters. The Morgan fingerprint density at radius 1 is 0.530 bits per heavy atom. The average Bonchev–Trinajstić information content (AvgIpc) is 3.27. The number of aliphatic carboxylic acids is 2. The quantitative estimate of drug-likeness (QED) is 0.0400. The van der Waals surface area contributed by atoms with Gasteiger partial charge in [-0.2, -0.15) is 0 Å². The van der Waals surface area contributed by atoms with Crippen molar-refractivity contribution in [3.05, 3.63) is 65.7 Å². The molecule has 0 fully saturated rings. The lowest BCUT2D eigenvalue weighted by atomic mass is 9.99. The summed E-state index contributed by atoms with van der Waals surface area (Å²) in [7, 11) is 0. The summed E-state index contributed by atoms with van der Waals surface area (Å²) in [6.07, 6.45) is -4.31. The van der Waals surface area contributed by atoms with Gasteiger partial charge in [-0.25, -0.2) is 4.79 Å². The number of amides is 7. The zero-order valence-corrected chi connectivity index (χ0v) is 36.7. The Morgan fingerprint density at radius 3 is 1.41 bits per heavy atom. The van der Waals surface area contributed by atoms with Crippen LogP contribution < -0.4 is 43.0 Å². The first kappa shape index (κ1) is 55.4. The van der Waals surface area contributed by atoms with Crippen LogP contribution in [0.5, 0.6) is 5.75 Å². The molecule has 0 radical (unpaired) electrons. The van der Waals surface area contributed by atoms with E-state index in [0.29, 0.717) is 17.5 Å². The molecule has 0 saturated carbocycles. The van der Waals surface area contributed by atoms with E-state index in [4.69, 9.17) is 5.73 Å². The summed E-state index contributed by atoms with van der Waals surface area (Å²) in [5.41, 5.74) is 6.59. The maximum absolute atomic E-state index is 13.7. The lowest BCUT2D eigenvalue weighted by molar-refractivity contribution is -0.144. The summed E-state index contributed by atoms with van der Waals surface area (Å²) < 4.78 is 0. The predicted octanol–water partition coefficient (Wildman–Crippen LogP) is -4.75. The number of phenolic OH excluding ortho intramolecular Hbond substituents is 1. The van der Waals surface area contributed by atoms with Crippen molar-refractivity contribution < 1.29 is 78.9 Å². The SMILES string of the molecule is CC[C@H](C)[C@H](NC(=O)[C@H](CO)NC(=O)[C@H](Cc1ccc(O)cc1)NC(=O)[C@H](CC(=O)O)NC(=O)[C@H](CO)NC(=O)[C@@H](NC(=O)[C@H](Cc1ccccc1)NC(=O)[C@@H](N)[C@@H](C)O)[C@@H](C)O)C(=O)O. The highest BCUT2D eigenvalue weighted by Gasteiger charge is 2.36. The number of rotatable bonds is 27. The van der Waals surface area contributed by atoms with Crippen LogP contribution >= 0.6 is 0 Å². The number of hydrogen-bond acceptors (Lipinski definition) is 15. The third-order valence-electron chi connectivity index (χ3n) is 10.2. The average molecular weight is 933 g/mol. The molecule has 24 heteroatoms. The van der Waals surface area contributed by atoms with Crippen molar-refractivity contribution in [3.8, 4) is 5.75 Å². The normalized spacial score (nSPS) is 16.1. The highest BCUT2D eigenvalue weighted by molar-refractivity contribution is 5.98. The van der Waals surface area contributed by atoms with Crippen LogP contribution in [0.3, 0.4) is 0 Å². The van der Waals surface area contributed by atoms with E-state index in [1.54, 1.807) is 44.2 Å². The fourth-order valence-electron chi connectivity index (χ4n) is 6.07. The van der Waals surface area contributed by atoms with Crippen LogP contribution in [0.25, 0.3) is 0 Å². The molecule has 0 spiro atoms. The molecule has 66 heavy (non-hydrogen) atoms. The minimum Gasteiger partial charge on any atom is -0.508 e. The second kappa shape index (κ2) is 26.9. The number of nitrogens with two attached hydrogens (primary N) is 1. The molecular weight excluding hydrogens is 873 g/mol. The Labute approximate surface area is 379 Å². The van der Waals surface area contributed by atoms with E-state index in [1.165, 1.54) is 31.2 Å². The summed E-state index contributed by atoms with van der Waals surface area (Å²) in [5.74, 6) is -11.8. The summed E-state index contributed by atoms with van der Waals surface area (Å²) in [4.78, 5) is 117. The zero-order valence-electron chi connectivity index (χ0n) is 36.7. The van der Waals surface area contributed by atoms with E-state index >= 15 is 0 Å². The maximum atomic E-state index is 13.7. The number of carbonyl (C=O) groups is 9. The smallest absolute Gasteiger partial charge is 0.326 e. The number of nitrogens with one attached hydrogen (secondary N) is 7. The Morgan fingerprint density at radius 2 is 0.939 bits per heavy atom. The van der Waals surface area contributed by atoms with E-state index in [1.807, 2.05) is 0 Å². The molecule has 24 nitrogen and oxygen atoms in total. The zero-order chi connectivity index (χ0) is 49.8. The van der Waals surface area contributed by atoms with Gasteiger partial charge < -0.3 is 78.7 Å². The molecule has 0 aliphatic heterocycles. The van der Waals surface area contributed by atoms with Crippen molar-refractivity contribution >= 4 is 53.3 Å². The number of benzene rings is 2. The topological polar surface area (TPSA) is 405 Å². The first-order valence-corrected chi connectivity index (χ1v) is 20.8. The molecular formula is C42H60N8O16. The molecule has 0 heterocycles. The number of aliphatic hydroxyl groups excluding tert-OH is 4. The molecule has 2 aromatic carbocycles. The molecule has 0 bridgehead atoms. The number of carbonyl (C=O) groups excluding carboxylic acids is 7. The van der Waals surface area contributed by atoms with Gasteiger partial charge >= 0.3 is 11.9 Å². The fourth-order valence-corrected chi connectivity index (χ4v) is 6.07. The number of carboxylic acids is 2. The van der Waals surface area contributed by atoms with Gasteiger partial charge in [0.25, 0.3) is 0 Å². The Hall–Kier alpha value is -6.73. The predicted molar refractivity (Wildman–Crippen MR) is 230 cm³/mol. The number of phenols is 1. The molecule has 2 rings (SSSR count). The summed E-state index contributed by atoms with van der Waals surface area (Å²) >= 11 is 0. The van der Waals surface area contributed by atoms with Crippen LogP contribution in [0.2, 0.25) is 0 Å². The Bertz CT molecular complexity index is 1990. The summed E-state index contributed by atoms with van der Waals surface area (Å²) in [5, 5.41) is 85.0. The maximum Gasteiger partial charge on any atom is 0.326 e. The van der Waals surface area contributed by atoms with Gasteiger partial charge in [-0.15, -0.1) is 0 Å². The monoisotopic (exact) mass is 932 g/mol. The van der Waals surface area contributed by atoms with Gasteiger partial charge in [-0.1, -0.05) is 62.7 Å². The van der Waals surface area contributed by atoms with Crippen molar-refractivity contribution in [1.29, 1.82) is 0 Å². The Kier molecular flexibility index (Phi) is 22.6. The number of aliphatic hydroxyl groups is 4. The summed E-state index contributed by atoms with van der Waals surface area (Å²) in [6, 6.07) is -0.0483. The third kappa shape index (κ3) is 17.7. The van der Waals surface area contributed by atoms with Crippen molar-refractivity contribution in [2.24, 2.45) is 11.7 Å². The third-order valence-corrected chi connectivity index (χ3v) is 10.2. The largest absolute Gasteiger partial charge is 0.508 e. The van der Waals surface area contributed by atoms with Gasteiger partial charge in [0.1, 0.15) is 54.1 Å². The van der Waals surface area contributed by atoms with E-state index in [0.717, 1.165) is 6.92 Å². The first-order chi connectivity index (χ1) is 31.0. The number of hydrogen-bond donors (Lipinski definition) is 15. The van der Waals surface area contributed by atoms with Crippen LogP contribution in [0, 0.1) is 5.92 Å². The van der Waals surface area contributed by atoms with Crippen LogP contribution in [0.1, 0.15) is 51.7 Å². The highest BCUT2D eigenvalue weighted by Crippen LogP contribution is 2.13. The molecule has 0 aliphatic rings. The van der Waals surface area contributed by atoms with Gasteiger partial charge in [-0.05, 0) is 43.0 Å². The van der Waals surface area contributed by atoms with Crippen LogP contribution in [-0.4, -0.2) is 163 Å². The molecule has 0 unspecified atom stereocenters. The van der Waals surface area contributed by atoms with Crippen LogP contribution in [0.15, 0.2) is 54.6 Å². The van der Waals surface area contributed by atoms with Crippen molar-refractivity contribution in [2.75, 3.05) is 13.2 Å². The van der Waals surface area contributed by atoms with Crippen molar-refractivity contribution in [1.82, 2.24) is 37.2 Å². The molecule has 0 aromatic heterocycles. The molecule has 16 N–H and O–H groups in total. The minimum atomic E-state index is -2.03. The van der Waals surface area contributed by atoms with Crippen LogP contribution in [0.4, 0.5) is 0 Å². The van der Waals surface area contributed by atoms with Gasteiger partial charge in [0, 0.05) is 12.8 Å². The van der Waals surface area contributed by atoms with Crippen LogP contribution in [-0.2, 0) is 56.0 Å². The van der Waals surface area contributed by atoms with Gasteiger partial charge in [0.15, 0.2) is 0 Å². The van der Waals surface area contributed by atoms with Gasteiger partial charge in [0.05, 0.1) is 31.8 Å². The highest BCUT2D eigenvalue weighted by atomic mass is 16.4. The lowest BCUT2D eigenvalue weighted by Gasteiger charge is -2.28. The van der Waals surface area contributed by atoms with E-state index in [-0.39, 0.29) is 18.6 Å². The van der Waals surface area contributed by atoms with Crippen molar-refractivity contribution in [3.63, 3.8) is 0 Å². The molecule has 0 aliphatic carbocycles. The first-order valence-electron chi connectivity index (χ1n) is 20.8. The molecule has 2 aromatic rings. The fraction of sp³-hybridized carbons (Fsp3) is 0.500. The molecule has 0 saturated heterocycles. The lowest BCUT2D eigenvalue weighted by Crippen LogP contribution is -2.63.